The Balaban J connectivity index is 4.25. The minimum absolute atomic E-state index is 0.0200. The van der Waals surface area contributed by atoms with Gasteiger partial charge in [-0.2, -0.15) is 0 Å². The average molecular weight is 801 g/mol. The SMILES string of the molecule is CC/C=C\C/C=C\C/C=C\C/C=C\C/C=C\C/C=C\CCC(=O)OC(COC(=O)CCCCCCCCC/C=C\C/C=C\CCCCC)COP(=O)(O)OCC. The van der Waals surface area contributed by atoms with Gasteiger partial charge in [-0.15, -0.1) is 0 Å². The Hall–Kier alpha value is -3.03. The van der Waals surface area contributed by atoms with Crippen molar-refractivity contribution in [3.8, 4) is 0 Å². The first-order chi connectivity index (χ1) is 27.3. The first-order valence-corrected chi connectivity index (χ1v) is 23.0. The number of allylic oxidation sites excluding steroid dienone is 16. The molecular formula is C47H77O8P. The second-order valence-corrected chi connectivity index (χ2v) is 15.1. The van der Waals surface area contributed by atoms with E-state index in [2.05, 4.69) is 98.9 Å². The summed E-state index contributed by atoms with van der Waals surface area (Å²) in [6, 6.07) is 0. The fraction of sp³-hybridized carbons (Fsp3) is 0.617. The van der Waals surface area contributed by atoms with E-state index in [1.165, 1.54) is 44.9 Å². The lowest BCUT2D eigenvalue weighted by atomic mass is 10.1. The number of phosphoric acid groups is 1. The quantitative estimate of drug-likeness (QED) is 0.0285. The molecule has 0 aliphatic heterocycles. The Kier molecular flexibility index (Phi) is 39.3. The molecule has 0 fully saturated rings. The first-order valence-electron chi connectivity index (χ1n) is 21.5. The third kappa shape index (κ3) is 40.6. The molecule has 1 N–H and O–H groups in total. The van der Waals surface area contributed by atoms with Crippen LogP contribution in [-0.4, -0.2) is 42.8 Å². The molecule has 0 aromatic heterocycles. The van der Waals surface area contributed by atoms with Gasteiger partial charge in [0.05, 0.1) is 13.2 Å². The summed E-state index contributed by atoms with van der Waals surface area (Å²) >= 11 is 0. The summed E-state index contributed by atoms with van der Waals surface area (Å²) in [5.74, 6) is -0.914. The summed E-state index contributed by atoms with van der Waals surface area (Å²) in [4.78, 5) is 34.7. The molecule has 0 aromatic carbocycles. The van der Waals surface area contributed by atoms with Crippen LogP contribution in [0.5, 0.6) is 0 Å². The van der Waals surface area contributed by atoms with Crippen molar-refractivity contribution < 1.29 is 37.6 Å². The van der Waals surface area contributed by atoms with Gasteiger partial charge in [0.1, 0.15) is 6.61 Å². The smallest absolute Gasteiger partial charge is 0.462 e. The Labute approximate surface area is 341 Å². The Bertz CT molecular complexity index is 1230. The highest BCUT2D eigenvalue weighted by atomic mass is 31.2. The van der Waals surface area contributed by atoms with Gasteiger partial charge in [0, 0.05) is 12.8 Å². The Morgan fingerprint density at radius 1 is 0.500 bits per heavy atom. The van der Waals surface area contributed by atoms with Gasteiger partial charge in [-0.1, -0.05) is 156 Å². The molecular weight excluding hydrogens is 723 g/mol. The highest BCUT2D eigenvalue weighted by molar-refractivity contribution is 7.47. The molecule has 0 heterocycles. The van der Waals surface area contributed by atoms with E-state index in [0.717, 1.165) is 77.0 Å². The summed E-state index contributed by atoms with van der Waals surface area (Å²) < 4.78 is 32.5. The number of carbonyl (C=O) groups is 2. The number of rotatable bonds is 38. The molecule has 2 unspecified atom stereocenters. The Morgan fingerprint density at radius 3 is 1.45 bits per heavy atom. The summed E-state index contributed by atoms with van der Waals surface area (Å²) in [6.45, 7) is 5.22. The molecule has 0 radical (unpaired) electrons. The molecule has 0 spiro atoms. The lowest BCUT2D eigenvalue weighted by Crippen LogP contribution is -2.29. The van der Waals surface area contributed by atoms with E-state index in [1.54, 1.807) is 6.92 Å². The zero-order valence-electron chi connectivity index (χ0n) is 35.2. The van der Waals surface area contributed by atoms with Crippen LogP contribution in [0.3, 0.4) is 0 Å². The molecule has 56 heavy (non-hydrogen) atoms. The molecule has 0 aliphatic rings. The van der Waals surface area contributed by atoms with Crippen LogP contribution in [-0.2, 0) is 32.7 Å². The van der Waals surface area contributed by atoms with Crippen LogP contribution in [0.4, 0.5) is 0 Å². The van der Waals surface area contributed by atoms with Crippen molar-refractivity contribution in [1.29, 1.82) is 0 Å². The lowest BCUT2D eigenvalue weighted by molar-refractivity contribution is -0.161. The van der Waals surface area contributed by atoms with Crippen LogP contribution in [0.25, 0.3) is 0 Å². The van der Waals surface area contributed by atoms with Crippen molar-refractivity contribution in [2.24, 2.45) is 0 Å². The van der Waals surface area contributed by atoms with Gasteiger partial charge in [0.2, 0.25) is 0 Å². The number of unbranched alkanes of at least 4 members (excludes halogenated alkanes) is 10. The van der Waals surface area contributed by atoms with Crippen LogP contribution >= 0.6 is 7.82 Å². The van der Waals surface area contributed by atoms with E-state index >= 15 is 0 Å². The van der Waals surface area contributed by atoms with E-state index in [-0.39, 0.29) is 26.1 Å². The van der Waals surface area contributed by atoms with Crippen LogP contribution in [0.2, 0.25) is 0 Å². The summed E-state index contributed by atoms with van der Waals surface area (Å²) in [7, 11) is -4.31. The number of phosphoric ester groups is 1. The van der Waals surface area contributed by atoms with E-state index in [9.17, 15) is 19.0 Å². The van der Waals surface area contributed by atoms with Crippen LogP contribution in [0.1, 0.15) is 162 Å². The molecule has 2 atom stereocenters. The molecule has 0 saturated heterocycles. The highest BCUT2D eigenvalue weighted by Gasteiger charge is 2.25. The van der Waals surface area contributed by atoms with Crippen molar-refractivity contribution >= 4 is 19.8 Å². The van der Waals surface area contributed by atoms with Crippen LogP contribution < -0.4 is 0 Å². The predicted molar refractivity (Wildman–Crippen MR) is 234 cm³/mol. The largest absolute Gasteiger partial charge is 0.472 e. The van der Waals surface area contributed by atoms with Crippen molar-refractivity contribution in [2.45, 2.75) is 168 Å². The van der Waals surface area contributed by atoms with Crippen molar-refractivity contribution in [3.63, 3.8) is 0 Å². The maximum atomic E-state index is 12.5. The van der Waals surface area contributed by atoms with Gasteiger partial charge in [0.15, 0.2) is 6.10 Å². The van der Waals surface area contributed by atoms with E-state index in [0.29, 0.717) is 6.42 Å². The van der Waals surface area contributed by atoms with Crippen molar-refractivity contribution in [2.75, 3.05) is 19.8 Å². The maximum Gasteiger partial charge on any atom is 0.472 e. The lowest BCUT2D eigenvalue weighted by Gasteiger charge is -2.19. The monoisotopic (exact) mass is 801 g/mol. The zero-order valence-corrected chi connectivity index (χ0v) is 36.1. The van der Waals surface area contributed by atoms with Crippen LogP contribution in [0, 0.1) is 0 Å². The topological polar surface area (TPSA) is 108 Å². The molecule has 0 saturated carbocycles. The maximum absolute atomic E-state index is 12.5. The van der Waals surface area contributed by atoms with Gasteiger partial charge >= 0.3 is 19.8 Å². The van der Waals surface area contributed by atoms with Gasteiger partial charge in [-0.25, -0.2) is 4.57 Å². The number of hydrogen-bond acceptors (Lipinski definition) is 7. The van der Waals surface area contributed by atoms with Gasteiger partial charge in [0.25, 0.3) is 0 Å². The zero-order chi connectivity index (χ0) is 41.1. The second-order valence-electron chi connectivity index (χ2n) is 13.6. The summed E-state index contributed by atoms with van der Waals surface area (Å²) in [6.07, 6.45) is 54.7. The minimum atomic E-state index is -4.31. The molecule has 9 heteroatoms. The third-order valence-corrected chi connectivity index (χ3v) is 9.45. The fourth-order valence-corrected chi connectivity index (χ4v) is 6.03. The summed E-state index contributed by atoms with van der Waals surface area (Å²) in [5, 5.41) is 0. The molecule has 0 aliphatic carbocycles. The molecule has 0 bridgehead atoms. The van der Waals surface area contributed by atoms with Crippen molar-refractivity contribution in [3.05, 3.63) is 97.2 Å². The minimum Gasteiger partial charge on any atom is -0.462 e. The number of esters is 2. The molecule has 0 amide bonds. The normalized spacial score (nSPS) is 14.3. The Morgan fingerprint density at radius 2 is 0.946 bits per heavy atom. The van der Waals surface area contributed by atoms with E-state index in [4.69, 9.17) is 18.5 Å². The average Bonchev–Trinajstić information content (AvgIpc) is 3.18. The predicted octanol–water partition coefficient (Wildman–Crippen LogP) is 13.7. The highest BCUT2D eigenvalue weighted by Crippen LogP contribution is 2.43. The number of carbonyl (C=O) groups excluding carboxylic acids is 2. The van der Waals surface area contributed by atoms with E-state index in [1.807, 2.05) is 12.2 Å². The van der Waals surface area contributed by atoms with Crippen molar-refractivity contribution in [1.82, 2.24) is 0 Å². The number of hydrogen-bond donors (Lipinski definition) is 1. The fourth-order valence-electron chi connectivity index (χ4n) is 5.27. The standard InChI is InChI=1S/C47H77O8P/c1-4-7-9-11-13-15-17-19-21-23-24-26-28-30-32-34-36-38-40-42-47(49)55-45(44-54-56(50,51)53-6-3)43-52-46(48)41-39-37-35-33-31-29-27-25-22-20-18-16-14-12-10-8-5-2/h7,9,13-16,19-22,24,26,30,32,36,38,45H,4-6,8,10-12,17-18,23,25,27-29,31,33-35,37,39-44H2,1-3H3,(H,50,51)/b9-7-,15-13-,16-14-,21-19-,22-20-,26-24-,32-30-,38-36-. The van der Waals surface area contributed by atoms with Crippen LogP contribution in [0.15, 0.2) is 97.2 Å². The van der Waals surface area contributed by atoms with Gasteiger partial charge in [-0.3, -0.25) is 18.6 Å². The molecule has 0 rings (SSSR count). The first kappa shape index (κ1) is 53.0. The van der Waals surface area contributed by atoms with Gasteiger partial charge < -0.3 is 14.4 Å². The number of ether oxygens (including phenoxy) is 2. The molecule has 318 valence electrons. The van der Waals surface area contributed by atoms with E-state index < -0.39 is 32.5 Å². The second kappa shape index (κ2) is 41.6. The summed E-state index contributed by atoms with van der Waals surface area (Å²) in [5.41, 5.74) is 0. The molecule has 8 nitrogen and oxygen atoms in total. The van der Waals surface area contributed by atoms with Gasteiger partial charge in [-0.05, 0) is 90.4 Å². The molecule has 0 aromatic rings. The third-order valence-electron chi connectivity index (χ3n) is 8.39.